The third-order valence-electron chi connectivity index (χ3n) is 13.8. The molecule has 0 amide bonds. The van der Waals surface area contributed by atoms with Crippen molar-refractivity contribution in [1.29, 1.82) is 0 Å². The average molecular weight is 1370 g/mol. The second-order valence-electron chi connectivity index (χ2n) is 20.6. The molecule has 3 heterocycles. The highest BCUT2D eigenvalue weighted by atomic mass is 32.3. The van der Waals surface area contributed by atoms with Crippen molar-refractivity contribution in [1.82, 2.24) is 13.7 Å². The number of imidazole rings is 2. The van der Waals surface area contributed by atoms with Crippen molar-refractivity contribution >= 4 is 102 Å². The highest BCUT2D eigenvalue weighted by Gasteiger charge is 2.41. The van der Waals surface area contributed by atoms with Crippen LogP contribution in [0.25, 0.3) is 36.3 Å². The zero-order valence-electron chi connectivity index (χ0n) is 49.9. The summed E-state index contributed by atoms with van der Waals surface area (Å²) in [6.07, 6.45) is 14.9. The molecular formula is C62H61F6N9O12S4. The highest BCUT2D eigenvalue weighted by molar-refractivity contribution is 8.12. The summed E-state index contributed by atoms with van der Waals surface area (Å²) in [5, 5.41) is 22.0. The predicted molar refractivity (Wildman–Crippen MR) is 340 cm³/mol. The summed E-state index contributed by atoms with van der Waals surface area (Å²) < 4.78 is 174. The normalized spacial score (nSPS) is 12.2. The molecule has 31 heteroatoms. The summed E-state index contributed by atoms with van der Waals surface area (Å²) in [5.74, 6) is 1.56. The molecule has 0 radical (unpaired) electrons. The fourth-order valence-corrected chi connectivity index (χ4v) is 13.1. The van der Waals surface area contributed by atoms with Gasteiger partial charge in [0.05, 0.1) is 60.2 Å². The summed E-state index contributed by atoms with van der Waals surface area (Å²) in [6.45, 7) is 6.87. The van der Waals surface area contributed by atoms with Gasteiger partial charge in [-0.3, -0.25) is 0 Å². The maximum Gasteiger partial charge on any atom is 0.480 e. The number of ether oxygens (including phenoxy) is 2. The lowest BCUT2D eigenvalue weighted by Gasteiger charge is -2.26. The molecule has 0 saturated carbocycles. The maximum absolute atomic E-state index is 11.4. The van der Waals surface area contributed by atoms with E-state index in [1.165, 1.54) is 11.1 Å². The Balaban J connectivity index is 0.000000391. The number of methoxy groups -OCH3 is 2. The number of fused-ring (bicyclic) bond motifs is 3. The smallest absolute Gasteiger partial charge is 0.480 e. The molecule has 0 saturated heterocycles. The summed E-state index contributed by atoms with van der Waals surface area (Å²) in [7, 11) is -17.6. The third-order valence-corrected chi connectivity index (χ3v) is 18.7. The van der Waals surface area contributed by atoms with Crippen molar-refractivity contribution in [3.63, 3.8) is 0 Å². The van der Waals surface area contributed by atoms with Crippen molar-refractivity contribution in [2.45, 2.75) is 50.4 Å². The fourth-order valence-electron chi connectivity index (χ4n) is 9.56. The van der Waals surface area contributed by atoms with Gasteiger partial charge in [0.1, 0.15) is 55.9 Å². The first kappa shape index (κ1) is 69.8. The van der Waals surface area contributed by atoms with Gasteiger partial charge in [-0.25, -0.2) is 51.9 Å². The molecule has 0 aliphatic heterocycles. The van der Waals surface area contributed by atoms with E-state index in [2.05, 4.69) is 169 Å². The van der Waals surface area contributed by atoms with Gasteiger partial charge in [0.2, 0.25) is 12.7 Å². The second kappa shape index (κ2) is 28.8. The highest BCUT2D eigenvalue weighted by Crippen LogP contribution is 2.43. The van der Waals surface area contributed by atoms with Crippen LogP contribution in [0.1, 0.15) is 22.3 Å². The number of rotatable bonds is 22. The van der Waals surface area contributed by atoms with Crippen LogP contribution in [0.5, 0.6) is 11.5 Å². The number of nitrogens with zero attached hydrogens (tertiary/aromatic N) is 9. The third kappa shape index (κ3) is 18.0. The summed E-state index contributed by atoms with van der Waals surface area (Å²) in [6, 6.07) is 54.6. The number of aliphatic hydroxyl groups is 2. The summed E-state index contributed by atoms with van der Waals surface area (Å²) >= 11 is 0. The van der Waals surface area contributed by atoms with E-state index in [-0.39, 0.29) is 25.7 Å². The Hall–Kier alpha value is -9.08. The minimum Gasteiger partial charge on any atom is -0.497 e. The van der Waals surface area contributed by atoms with E-state index in [1.807, 2.05) is 65.6 Å². The molecule has 492 valence electrons. The molecule has 0 unspecified atom stereocenters. The summed E-state index contributed by atoms with van der Waals surface area (Å²) in [4.78, 5) is 4.48. The zero-order chi connectivity index (χ0) is 67.7. The number of alkyl halides is 6. The largest absolute Gasteiger partial charge is 0.497 e. The molecule has 93 heavy (non-hydrogen) atoms. The van der Waals surface area contributed by atoms with Crippen LogP contribution in [0.3, 0.4) is 0 Å². The van der Waals surface area contributed by atoms with Gasteiger partial charge in [0.25, 0.3) is 0 Å². The molecule has 0 fully saturated rings. The Kier molecular flexibility index (Phi) is 21.6. The molecule has 3 aromatic heterocycles. The van der Waals surface area contributed by atoms with Crippen LogP contribution in [0.2, 0.25) is 0 Å². The predicted octanol–water partition coefficient (Wildman–Crippen LogP) is 11.1. The Bertz CT molecular complexity index is 4380. The average Bonchev–Trinajstić information content (AvgIpc) is 1.61. The molecule has 2 N–H and O–H groups in total. The minimum absolute atomic E-state index is 0.0284. The van der Waals surface area contributed by atoms with E-state index in [0.29, 0.717) is 0 Å². The lowest BCUT2D eigenvalue weighted by molar-refractivity contribution is -0.697. The van der Waals surface area contributed by atoms with Gasteiger partial charge in [0, 0.05) is 68.4 Å². The van der Waals surface area contributed by atoms with Crippen LogP contribution >= 0.6 is 0 Å². The number of aromatic nitrogens is 5. The second-order valence-corrected chi connectivity index (χ2v) is 27.5. The molecule has 10 rings (SSSR count). The topological polar surface area (TPSA) is 253 Å². The van der Waals surface area contributed by atoms with E-state index in [1.54, 1.807) is 28.7 Å². The molecular weight excluding hydrogens is 1300 g/mol. The van der Waals surface area contributed by atoms with Crippen molar-refractivity contribution in [2.24, 2.45) is 0 Å². The molecule has 0 aliphatic rings. The summed E-state index contributed by atoms with van der Waals surface area (Å²) in [5.41, 5.74) is 0.953. The van der Waals surface area contributed by atoms with Gasteiger partial charge in [-0.2, -0.15) is 26.3 Å². The number of hydrogen-bond acceptors (Lipinski definition) is 14. The van der Waals surface area contributed by atoms with E-state index in [4.69, 9.17) is 9.47 Å². The number of sulfonamides is 4. The standard InChI is InChI=1S/C58H55N7O4.2C2H3F3NO4S2/c1-4-59-29-31-61(41-59)37-43-5-7-44(8-6-43)38-62-32-30-60(42-62)33-34-63-57-27-21-51(64(47-13-9-45(39-66)10-14-47)49-17-23-53(68-2)24-18-49)35-55(57)56-36-52(22-28-58(56)63)65(48-15-11-46(40-67)12-16-48)50-19-25-54(69-3)26-20-50;2*1-11(7,8)6-12(9,10)2(3,4)5/h4-32,35-36,41-42,66-67H,1,33-34,37-40H2,2-3H3;2*1H3/q+2;2*-1. The van der Waals surface area contributed by atoms with Crippen LogP contribution in [0.15, 0.2) is 202 Å². The molecule has 7 aromatic carbocycles. The number of aliphatic hydroxyl groups excluding tert-OH is 2. The number of halogens is 6. The van der Waals surface area contributed by atoms with Crippen LogP contribution in [-0.2, 0) is 79.5 Å². The first-order valence-electron chi connectivity index (χ1n) is 27.5. The monoisotopic (exact) mass is 1370 g/mol. The van der Waals surface area contributed by atoms with Crippen molar-refractivity contribution in [2.75, 3.05) is 36.5 Å². The van der Waals surface area contributed by atoms with Gasteiger partial charge < -0.3 is 42.3 Å². The molecule has 10 aromatic rings. The minimum atomic E-state index is -5.92. The Morgan fingerprint density at radius 1 is 0.505 bits per heavy atom. The molecule has 21 nitrogen and oxygen atoms in total. The van der Waals surface area contributed by atoms with Gasteiger partial charge >= 0.3 is 11.0 Å². The SMILES string of the molecule is C=C[n+]1ccn(Cc2ccc(Cn3cc[n+](CCn4c5ccc(N(c6ccc(CO)cc6)c6ccc(OC)cc6)cc5c5cc(N(c6ccc(CO)cc6)c6ccc(OC)cc6)ccc54)c3)cc2)c1.CS(=O)(=O)[N-]S(=O)(=O)C(F)(F)F.CS(=O)(=O)[N-]S(=O)(=O)C(F)(F)F. The van der Waals surface area contributed by atoms with Crippen LogP contribution in [-0.4, -0.2) is 95.3 Å². The lowest BCUT2D eigenvalue weighted by Crippen LogP contribution is -2.33. The number of aryl methyl sites for hydroxylation is 2. The number of benzene rings is 7. The van der Waals surface area contributed by atoms with E-state index < -0.39 is 51.1 Å². The van der Waals surface area contributed by atoms with Gasteiger partial charge in [0.15, 0.2) is 20.0 Å². The van der Waals surface area contributed by atoms with Crippen molar-refractivity contribution in [3.05, 3.63) is 232 Å². The van der Waals surface area contributed by atoms with E-state index in [0.717, 1.165) is 105 Å². The lowest BCUT2D eigenvalue weighted by atomic mass is 10.1. The molecule has 0 spiro atoms. The van der Waals surface area contributed by atoms with Crippen LogP contribution in [0.4, 0.5) is 60.5 Å². The van der Waals surface area contributed by atoms with E-state index in [9.17, 15) is 70.2 Å². The first-order chi connectivity index (χ1) is 43.8. The maximum atomic E-state index is 11.4. The molecule has 0 bridgehead atoms. The molecule has 0 aliphatic carbocycles. The zero-order valence-corrected chi connectivity index (χ0v) is 53.2. The molecule has 0 atom stereocenters. The number of hydrogen-bond donors (Lipinski definition) is 2. The van der Waals surface area contributed by atoms with Gasteiger partial charge in [-0.05, 0) is 131 Å². The first-order valence-corrected chi connectivity index (χ1v) is 34.1. The van der Waals surface area contributed by atoms with Crippen LogP contribution < -0.4 is 28.4 Å². The van der Waals surface area contributed by atoms with Gasteiger partial charge in [-0.15, -0.1) is 0 Å². The Labute approximate surface area is 532 Å². The fraction of sp³-hybridized carbons (Fsp3) is 0.194. The van der Waals surface area contributed by atoms with Crippen LogP contribution in [0, 0.1) is 0 Å². The van der Waals surface area contributed by atoms with Gasteiger partial charge in [-0.1, -0.05) is 55.1 Å². The van der Waals surface area contributed by atoms with Crippen molar-refractivity contribution in [3.8, 4) is 11.5 Å². The van der Waals surface area contributed by atoms with Crippen molar-refractivity contribution < 1.29 is 88.8 Å². The quantitative estimate of drug-likeness (QED) is 0.0473. The Morgan fingerprint density at radius 3 is 1.17 bits per heavy atom. The Morgan fingerprint density at radius 2 is 0.849 bits per heavy atom. The van der Waals surface area contributed by atoms with E-state index >= 15 is 0 Å². The number of anilines is 6.